The molecule has 2 nitrogen and oxygen atoms in total. The van der Waals surface area contributed by atoms with Crippen molar-refractivity contribution in [3.63, 3.8) is 0 Å². The molecule has 2 fully saturated rings. The highest BCUT2D eigenvalue weighted by molar-refractivity contribution is 6.68. The molecular formula is C17H22O2Si. The lowest BCUT2D eigenvalue weighted by atomic mass is 10.1. The van der Waals surface area contributed by atoms with Crippen molar-refractivity contribution in [1.82, 2.24) is 0 Å². The minimum atomic E-state index is -2.05. The van der Waals surface area contributed by atoms with Crippen LogP contribution in [0.15, 0.2) is 42.5 Å². The molecule has 3 aliphatic rings. The molecule has 3 heteroatoms. The van der Waals surface area contributed by atoms with Crippen LogP contribution in [0.4, 0.5) is 0 Å². The van der Waals surface area contributed by atoms with Gasteiger partial charge in [-0.25, -0.2) is 0 Å². The molecule has 0 N–H and O–H groups in total. The third-order valence-electron chi connectivity index (χ3n) is 5.27. The lowest BCUT2D eigenvalue weighted by Gasteiger charge is -2.42. The maximum Gasteiger partial charge on any atom is 0.339 e. The molecule has 0 amide bonds. The second-order valence-corrected chi connectivity index (χ2v) is 9.85. The van der Waals surface area contributed by atoms with Gasteiger partial charge in [0, 0.05) is 12.1 Å². The van der Waals surface area contributed by atoms with E-state index in [1.165, 1.54) is 18.4 Å². The SMILES string of the molecule is C[Si]1(C2CC3C=CC2C3)OCCC(c2ccccc2)O1. The molecule has 1 aromatic rings. The van der Waals surface area contributed by atoms with Crippen molar-refractivity contribution >= 4 is 8.56 Å². The lowest BCUT2D eigenvalue weighted by Crippen LogP contribution is -2.49. The molecule has 0 aromatic heterocycles. The minimum Gasteiger partial charge on any atom is -0.394 e. The van der Waals surface area contributed by atoms with Gasteiger partial charge in [0.25, 0.3) is 0 Å². The summed E-state index contributed by atoms with van der Waals surface area (Å²) in [5.41, 5.74) is 1.97. The molecule has 1 aliphatic heterocycles. The van der Waals surface area contributed by atoms with Crippen LogP contribution in [0, 0.1) is 11.8 Å². The van der Waals surface area contributed by atoms with E-state index in [0.29, 0.717) is 11.5 Å². The Bertz CT molecular complexity index is 515. The van der Waals surface area contributed by atoms with Gasteiger partial charge in [-0.3, -0.25) is 0 Å². The first-order valence-electron chi connectivity index (χ1n) is 7.80. The van der Waals surface area contributed by atoms with Crippen molar-refractivity contribution in [2.75, 3.05) is 6.61 Å². The third-order valence-corrected chi connectivity index (χ3v) is 8.81. The van der Waals surface area contributed by atoms with Crippen LogP contribution in [-0.4, -0.2) is 15.2 Å². The number of allylic oxidation sites excluding steroid dienone is 2. The van der Waals surface area contributed by atoms with E-state index >= 15 is 0 Å². The Morgan fingerprint density at radius 2 is 1.95 bits per heavy atom. The molecule has 4 rings (SSSR count). The van der Waals surface area contributed by atoms with E-state index in [2.05, 4.69) is 49.0 Å². The molecule has 5 unspecified atom stereocenters. The molecule has 106 valence electrons. The summed E-state index contributed by atoms with van der Waals surface area (Å²) >= 11 is 0. The maximum atomic E-state index is 6.58. The molecule has 2 aliphatic carbocycles. The van der Waals surface area contributed by atoms with Crippen LogP contribution in [0.3, 0.4) is 0 Å². The smallest absolute Gasteiger partial charge is 0.339 e. The Labute approximate surface area is 122 Å². The summed E-state index contributed by atoms with van der Waals surface area (Å²) in [5.74, 6) is 1.50. The van der Waals surface area contributed by atoms with E-state index in [-0.39, 0.29) is 6.10 Å². The fourth-order valence-electron chi connectivity index (χ4n) is 4.22. The highest BCUT2D eigenvalue weighted by Gasteiger charge is 2.53. The van der Waals surface area contributed by atoms with Gasteiger partial charge in [-0.2, -0.15) is 0 Å². The fraction of sp³-hybridized carbons (Fsp3) is 0.529. The molecule has 5 atom stereocenters. The molecule has 1 saturated heterocycles. The predicted octanol–water partition coefficient (Wildman–Crippen LogP) is 4.20. The highest BCUT2D eigenvalue weighted by atomic mass is 28.4. The van der Waals surface area contributed by atoms with Crippen LogP contribution in [0.2, 0.25) is 12.1 Å². The second kappa shape index (κ2) is 4.83. The van der Waals surface area contributed by atoms with Crippen molar-refractivity contribution in [2.24, 2.45) is 11.8 Å². The molecular weight excluding hydrogens is 264 g/mol. The molecule has 20 heavy (non-hydrogen) atoms. The molecule has 1 aromatic carbocycles. The van der Waals surface area contributed by atoms with Crippen LogP contribution >= 0.6 is 0 Å². The van der Waals surface area contributed by atoms with Crippen LogP contribution in [0.1, 0.15) is 30.9 Å². The Balaban J connectivity index is 1.55. The topological polar surface area (TPSA) is 18.5 Å². The van der Waals surface area contributed by atoms with E-state index in [1.807, 2.05) is 0 Å². The molecule has 1 heterocycles. The number of benzene rings is 1. The summed E-state index contributed by atoms with van der Waals surface area (Å²) in [6, 6.07) is 10.7. The molecule has 0 spiro atoms. The normalized spacial score (nSPS) is 43.0. The van der Waals surface area contributed by atoms with Gasteiger partial charge in [0.1, 0.15) is 0 Å². The first kappa shape index (κ1) is 12.8. The summed E-state index contributed by atoms with van der Waals surface area (Å²) in [7, 11) is -2.05. The standard InChI is InChI=1S/C17H22O2Si/c1-20(17-12-13-7-8-15(17)11-13)18-10-9-16(19-20)14-5-3-2-4-6-14/h2-8,13,15-17H,9-12H2,1H3. The average Bonchev–Trinajstić information content (AvgIpc) is 3.11. The number of hydrogen-bond donors (Lipinski definition) is 0. The van der Waals surface area contributed by atoms with Gasteiger partial charge in [0.05, 0.1) is 6.10 Å². The van der Waals surface area contributed by atoms with Gasteiger partial charge in [-0.05, 0) is 43.2 Å². The zero-order valence-corrected chi connectivity index (χ0v) is 13.0. The van der Waals surface area contributed by atoms with E-state index in [9.17, 15) is 0 Å². The number of fused-ring (bicyclic) bond motifs is 2. The maximum absolute atomic E-state index is 6.58. The molecule has 2 bridgehead atoms. The highest BCUT2D eigenvalue weighted by Crippen LogP contribution is 2.53. The largest absolute Gasteiger partial charge is 0.394 e. The van der Waals surface area contributed by atoms with Crippen LogP contribution in [0.25, 0.3) is 0 Å². The Hall–Kier alpha value is -0.903. The Morgan fingerprint density at radius 3 is 2.65 bits per heavy atom. The van der Waals surface area contributed by atoms with Crippen LogP contribution in [0.5, 0.6) is 0 Å². The van der Waals surface area contributed by atoms with Crippen molar-refractivity contribution in [3.05, 3.63) is 48.0 Å². The zero-order valence-electron chi connectivity index (χ0n) is 12.0. The number of hydrogen-bond acceptors (Lipinski definition) is 2. The van der Waals surface area contributed by atoms with Gasteiger partial charge < -0.3 is 8.85 Å². The van der Waals surface area contributed by atoms with E-state index < -0.39 is 8.56 Å². The first-order valence-corrected chi connectivity index (χ1v) is 10.2. The van der Waals surface area contributed by atoms with Crippen molar-refractivity contribution in [3.8, 4) is 0 Å². The van der Waals surface area contributed by atoms with E-state index in [4.69, 9.17) is 8.85 Å². The fourth-order valence-corrected chi connectivity index (χ4v) is 7.78. The van der Waals surface area contributed by atoms with Crippen molar-refractivity contribution in [2.45, 2.75) is 37.5 Å². The predicted molar refractivity (Wildman–Crippen MR) is 81.6 cm³/mol. The Kier molecular flexibility index (Phi) is 3.09. The van der Waals surface area contributed by atoms with Crippen LogP contribution in [-0.2, 0) is 8.85 Å². The third kappa shape index (κ3) is 2.08. The lowest BCUT2D eigenvalue weighted by molar-refractivity contribution is 0.0412. The summed E-state index contributed by atoms with van der Waals surface area (Å²) in [4.78, 5) is 0. The van der Waals surface area contributed by atoms with E-state index in [1.54, 1.807) is 0 Å². The van der Waals surface area contributed by atoms with Gasteiger partial charge in [-0.1, -0.05) is 42.5 Å². The van der Waals surface area contributed by atoms with Gasteiger partial charge in [-0.15, -0.1) is 0 Å². The number of rotatable bonds is 2. The second-order valence-electron chi connectivity index (χ2n) is 6.56. The average molecular weight is 286 g/mol. The summed E-state index contributed by atoms with van der Waals surface area (Å²) < 4.78 is 12.8. The van der Waals surface area contributed by atoms with Crippen LogP contribution < -0.4 is 0 Å². The monoisotopic (exact) mass is 286 g/mol. The van der Waals surface area contributed by atoms with Gasteiger partial charge in [0.15, 0.2) is 0 Å². The zero-order chi connectivity index (χ0) is 13.6. The van der Waals surface area contributed by atoms with Gasteiger partial charge in [0.2, 0.25) is 0 Å². The van der Waals surface area contributed by atoms with E-state index in [0.717, 1.165) is 18.9 Å². The van der Waals surface area contributed by atoms with Crippen molar-refractivity contribution < 1.29 is 8.85 Å². The quantitative estimate of drug-likeness (QED) is 0.599. The molecule has 0 radical (unpaired) electrons. The van der Waals surface area contributed by atoms with Gasteiger partial charge >= 0.3 is 8.56 Å². The Morgan fingerprint density at radius 1 is 1.10 bits per heavy atom. The minimum absolute atomic E-state index is 0.240. The molecule has 1 saturated carbocycles. The first-order chi connectivity index (χ1) is 9.74. The summed E-state index contributed by atoms with van der Waals surface area (Å²) in [6.45, 7) is 3.15. The summed E-state index contributed by atoms with van der Waals surface area (Å²) in [6.07, 6.45) is 8.65. The van der Waals surface area contributed by atoms with Crippen molar-refractivity contribution in [1.29, 1.82) is 0 Å². The summed E-state index contributed by atoms with van der Waals surface area (Å²) in [5, 5.41) is 0.